The summed E-state index contributed by atoms with van der Waals surface area (Å²) >= 11 is 0. The molecule has 0 spiro atoms. The quantitative estimate of drug-likeness (QED) is 0.600. The van der Waals surface area contributed by atoms with Crippen molar-refractivity contribution in [1.29, 1.82) is 0 Å². The normalized spacial score (nSPS) is 11.9. The number of carbonyl (C=O) groups is 2. The highest BCUT2D eigenvalue weighted by molar-refractivity contribution is 5.94. The first kappa shape index (κ1) is 13.2. The average Bonchev–Trinajstić information content (AvgIpc) is 2.29. The third-order valence-electron chi connectivity index (χ3n) is 2.18. The van der Waals surface area contributed by atoms with Crippen molar-refractivity contribution in [3.8, 4) is 0 Å². The highest BCUT2D eigenvalue weighted by atomic mass is 16.6. The third-order valence-corrected chi connectivity index (χ3v) is 2.18. The Balaban J connectivity index is 2.75. The lowest BCUT2D eigenvalue weighted by Crippen LogP contribution is -2.26. The first-order valence-corrected chi connectivity index (χ1v) is 5.34. The molecule has 1 aromatic rings. The molecule has 17 heavy (non-hydrogen) atoms. The second-order valence-electron chi connectivity index (χ2n) is 3.62. The Morgan fingerprint density at radius 1 is 1.41 bits per heavy atom. The van der Waals surface area contributed by atoms with Crippen molar-refractivity contribution in [2.45, 2.75) is 26.0 Å². The van der Waals surface area contributed by atoms with E-state index in [9.17, 15) is 9.59 Å². The molecule has 92 valence electrons. The average molecular weight is 237 g/mol. The molecule has 0 aliphatic rings. The summed E-state index contributed by atoms with van der Waals surface area (Å²) in [6, 6.07) is 5.66. The SMILES string of the molecule is CCCC(N)OC(=O)c1cccc(C(=O)O)c1. The first-order chi connectivity index (χ1) is 8.04. The van der Waals surface area contributed by atoms with Crippen LogP contribution in [0.1, 0.15) is 40.5 Å². The van der Waals surface area contributed by atoms with Crippen LogP contribution in [0.5, 0.6) is 0 Å². The summed E-state index contributed by atoms with van der Waals surface area (Å²) < 4.78 is 4.96. The molecule has 0 aliphatic carbocycles. The van der Waals surface area contributed by atoms with Crippen LogP contribution in [0.25, 0.3) is 0 Å². The fourth-order valence-corrected chi connectivity index (χ4v) is 1.33. The van der Waals surface area contributed by atoms with Crippen molar-refractivity contribution < 1.29 is 19.4 Å². The van der Waals surface area contributed by atoms with Gasteiger partial charge in [-0.25, -0.2) is 9.59 Å². The summed E-state index contributed by atoms with van der Waals surface area (Å²) in [5, 5.41) is 8.78. The zero-order chi connectivity index (χ0) is 12.8. The van der Waals surface area contributed by atoms with E-state index < -0.39 is 18.2 Å². The van der Waals surface area contributed by atoms with Crippen LogP contribution in [0, 0.1) is 0 Å². The molecule has 1 unspecified atom stereocenters. The summed E-state index contributed by atoms with van der Waals surface area (Å²) in [7, 11) is 0. The maximum atomic E-state index is 11.6. The molecule has 0 aliphatic heterocycles. The van der Waals surface area contributed by atoms with E-state index in [-0.39, 0.29) is 11.1 Å². The number of carboxylic acid groups (broad SMARTS) is 1. The molecule has 1 aromatic carbocycles. The smallest absolute Gasteiger partial charge is 0.339 e. The molecule has 1 atom stereocenters. The molecular formula is C12H15NO4. The van der Waals surface area contributed by atoms with Crippen LogP contribution < -0.4 is 5.73 Å². The molecule has 0 radical (unpaired) electrons. The predicted molar refractivity (Wildman–Crippen MR) is 61.7 cm³/mol. The van der Waals surface area contributed by atoms with Crippen LogP contribution in [-0.4, -0.2) is 23.3 Å². The lowest BCUT2D eigenvalue weighted by Gasteiger charge is -2.11. The van der Waals surface area contributed by atoms with Crippen LogP contribution in [0.2, 0.25) is 0 Å². The van der Waals surface area contributed by atoms with Crippen molar-refractivity contribution in [3.05, 3.63) is 35.4 Å². The molecule has 0 fully saturated rings. The molecule has 0 saturated carbocycles. The van der Waals surface area contributed by atoms with E-state index in [1.54, 1.807) is 0 Å². The number of benzene rings is 1. The maximum absolute atomic E-state index is 11.6. The van der Waals surface area contributed by atoms with Crippen LogP contribution in [0.15, 0.2) is 24.3 Å². The van der Waals surface area contributed by atoms with Gasteiger partial charge in [0.2, 0.25) is 0 Å². The molecule has 5 nitrogen and oxygen atoms in total. The third kappa shape index (κ3) is 3.88. The molecule has 0 saturated heterocycles. The van der Waals surface area contributed by atoms with E-state index >= 15 is 0 Å². The summed E-state index contributed by atoms with van der Waals surface area (Å²) in [5.41, 5.74) is 5.80. The fourth-order valence-electron chi connectivity index (χ4n) is 1.33. The molecular weight excluding hydrogens is 222 g/mol. The largest absolute Gasteiger partial charge is 0.478 e. The van der Waals surface area contributed by atoms with Crippen molar-refractivity contribution >= 4 is 11.9 Å². The Kier molecular flexibility index (Phi) is 4.66. The van der Waals surface area contributed by atoms with Gasteiger partial charge in [-0.05, 0) is 24.6 Å². The summed E-state index contributed by atoms with van der Waals surface area (Å²) in [4.78, 5) is 22.3. The van der Waals surface area contributed by atoms with Gasteiger partial charge >= 0.3 is 11.9 Å². The van der Waals surface area contributed by atoms with Crippen molar-refractivity contribution in [2.24, 2.45) is 5.73 Å². The molecule has 0 amide bonds. The standard InChI is InChI=1S/C12H15NO4/c1-2-4-10(13)17-12(16)9-6-3-5-8(7-9)11(14)15/h3,5-7,10H,2,4,13H2,1H3,(H,14,15). The molecule has 0 bridgehead atoms. The molecule has 1 rings (SSSR count). The van der Waals surface area contributed by atoms with Crippen molar-refractivity contribution in [1.82, 2.24) is 0 Å². The summed E-state index contributed by atoms with van der Waals surface area (Å²) in [6.45, 7) is 1.93. The maximum Gasteiger partial charge on any atom is 0.339 e. The zero-order valence-corrected chi connectivity index (χ0v) is 9.55. The minimum Gasteiger partial charge on any atom is -0.478 e. The number of esters is 1. The van der Waals surface area contributed by atoms with Crippen molar-refractivity contribution in [2.75, 3.05) is 0 Å². The second kappa shape index (κ2) is 6.00. The van der Waals surface area contributed by atoms with Crippen LogP contribution in [-0.2, 0) is 4.74 Å². The Labute approximate surface area is 99.2 Å². The zero-order valence-electron chi connectivity index (χ0n) is 9.55. The Morgan fingerprint density at radius 2 is 2.06 bits per heavy atom. The van der Waals surface area contributed by atoms with E-state index in [1.807, 2.05) is 6.92 Å². The number of ether oxygens (including phenoxy) is 1. The van der Waals surface area contributed by atoms with Crippen LogP contribution >= 0.6 is 0 Å². The predicted octanol–water partition coefficient (Wildman–Crippen LogP) is 1.63. The van der Waals surface area contributed by atoms with Gasteiger partial charge in [-0.1, -0.05) is 19.4 Å². The molecule has 5 heteroatoms. The van der Waals surface area contributed by atoms with E-state index in [4.69, 9.17) is 15.6 Å². The molecule has 0 aromatic heterocycles. The number of hydrogen-bond acceptors (Lipinski definition) is 4. The van der Waals surface area contributed by atoms with Crippen LogP contribution in [0.3, 0.4) is 0 Å². The first-order valence-electron chi connectivity index (χ1n) is 5.34. The van der Waals surface area contributed by atoms with Gasteiger partial charge in [-0.15, -0.1) is 0 Å². The fraction of sp³-hybridized carbons (Fsp3) is 0.333. The minimum absolute atomic E-state index is 0.0449. The van der Waals surface area contributed by atoms with E-state index in [0.29, 0.717) is 6.42 Å². The lowest BCUT2D eigenvalue weighted by molar-refractivity contribution is 0.0296. The monoisotopic (exact) mass is 237 g/mol. The van der Waals surface area contributed by atoms with Gasteiger partial charge < -0.3 is 9.84 Å². The van der Waals surface area contributed by atoms with Gasteiger partial charge in [0.05, 0.1) is 11.1 Å². The van der Waals surface area contributed by atoms with Gasteiger partial charge in [0, 0.05) is 0 Å². The van der Waals surface area contributed by atoms with E-state index in [1.165, 1.54) is 24.3 Å². The lowest BCUT2D eigenvalue weighted by atomic mass is 10.1. The van der Waals surface area contributed by atoms with Gasteiger partial charge in [-0.2, -0.15) is 0 Å². The number of nitrogens with two attached hydrogens (primary N) is 1. The van der Waals surface area contributed by atoms with Gasteiger partial charge in [0.15, 0.2) is 6.23 Å². The number of hydrogen-bond donors (Lipinski definition) is 2. The van der Waals surface area contributed by atoms with E-state index in [0.717, 1.165) is 6.42 Å². The van der Waals surface area contributed by atoms with Gasteiger partial charge in [0.25, 0.3) is 0 Å². The number of aromatic carboxylic acids is 1. The molecule has 0 heterocycles. The number of carboxylic acids is 1. The van der Waals surface area contributed by atoms with Crippen LogP contribution in [0.4, 0.5) is 0 Å². The second-order valence-corrected chi connectivity index (χ2v) is 3.62. The van der Waals surface area contributed by atoms with Crippen molar-refractivity contribution in [3.63, 3.8) is 0 Å². The highest BCUT2D eigenvalue weighted by Gasteiger charge is 2.13. The Bertz CT molecular complexity index is 417. The Hall–Kier alpha value is -1.88. The van der Waals surface area contributed by atoms with E-state index in [2.05, 4.69) is 0 Å². The Morgan fingerprint density at radius 3 is 2.65 bits per heavy atom. The van der Waals surface area contributed by atoms with Gasteiger partial charge in [0.1, 0.15) is 0 Å². The van der Waals surface area contributed by atoms with Gasteiger partial charge in [-0.3, -0.25) is 5.73 Å². The summed E-state index contributed by atoms with van der Waals surface area (Å²) in [6.07, 6.45) is 0.731. The topological polar surface area (TPSA) is 89.6 Å². The summed E-state index contributed by atoms with van der Waals surface area (Å²) in [5.74, 6) is -1.69. The molecule has 3 N–H and O–H groups in total. The number of rotatable bonds is 5. The minimum atomic E-state index is -1.09. The number of carbonyl (C=O) groups excluding carboxylic acids is 1. The highest BCUT2D eigenvalue weighted by Crippen LogP contribution is 2.08.